The van der Waals surface area contributed by atoms with Crippen LogP contribution in [0.15, 0.2) is 53.1 Å². The summed E-state index contributed by atoms with van der Waals surface area (Å²) in [5.74, 6) is -2.14. The number of ether oxygens (including phenoxy) is 4. The van der Waals surface area contributed by atoms with E-state index in [1.54, 1.807) is 25.1 Å². The van der Waals surface area contributed by atoms with Crippen molar-refractivity contribution in [2.24, 2.45) is 5.41 Å². The largest absolute Gasteiger partial charge is 0.451 e. The van der Waals surface area contributed by atoms with Gasteiger partial charge in [0.15, 0.2) is 11.4 Å². The maximum absolute atomic E-state index is 13.7. The highest BCUT2D eigenvalue weighted by atomic mass is 32.2. The molecule has 0 radical (unpaired) electrons. The van der Waals surface area contributed by atoms with Gasteiger partial charge in [0, 0.05) is 12.5 Å². The first-order valence-electron chi connectivity index (χ1n) is 10.3. The summed E-state index contributed by atoms with van der Waals surface area (Å²) >= 11 is 0. The van der Waals surface area contributed by atoms with Crippen molar-refractivity contribution in [2.75, 3.05) is 13.2 Å². The molecule has 7 rings (SSSR count). The number of hydrogen-bond donors (Lipinski definition) is 0. The van der Waals surface area contributed by atoms with Gasteiger partial charge in [0.05, 0.1) is 13.2 Å². The summed E-state index contributed by atoms with van der Waals surface area (Å²) < 4.78 is 56.5. The van der Waals surface area contributed by atoms with Crippen LogP contribution >= 0.6 is 0 Å². The van der Waals surface area contributed by atoms with Gasteiger partial charge in [0.25, 0.3) is 0 Å². The molecule has 31 heavy (non-hydrogen) atoms. The second kappa shape index (κ2) is 5.78. The van der Waals surface area contributed by atoms with Gasteiger partial charge in [-0.05, 0) is 32.4 Å². The van der Waals surface area contributed by atoms with Crippen molar-refractivity contribution in [3.63, 3.8) is 0 Å². The third-order valence-electron chi connectivity index (χ3n) is 7.14. The third-order valence-corrected chi connectivity index (χ3v) is 8.39. The minimum Gasteiger partial charge on any atom is -0.451 e. The lowest BCUT2D eigenvalue weighted by atomic mass is 9.67. The van der Waals surface area contributed by atoms with E-state index in [1.165, 1.54) is 12.1 Å². The lowest BCUT2D eigenvalue weighted by molar-refractivity contribution is -0.246. The van der Waals surface area contributed by atoms with Gasteiger partial charge in [0.1, 0.15) is 22.4 Å². The van der Waals surface area contributed by atoms with Crippen LogP contribution in [0.5, 0.6) is 0 Å². The Labute approximate surface area is 179 Å². The molecular formula is C22H22O8S. The first kappa shape index (κ1) is 19.5. The standard InChI is InChI=1S/C22H22O8S/c1-14-3-5-15(6-4-14)31(24,25)30-17-13-19(2)16-7-8-20(28-16)9-10-21(26-11-12-27-21)22(17,20)18(23)29-19/h3-8,13,16H,9-12H2,1-2H3/t16-,19-,20-,22+/m1/s1. The number of benzene rings is 1. The molecule has 0 amide bonds. The van der Waals surface area contributed by atoms with Crippen LogP contribution in [0, 0.1) is 12.3 Å². The Hall–Kier alpha value is -2.20. The summed E-state index contributed by atoms with van der Waals surface area (Å²) in [4.78, 5) is 13.7. The van der Waals surface area contributed by atoms with Crippen molar-refractivity contribution >= 4 is 16.1 Å². The Morgan fingerprint density at radius 1 is 1.10 bits per heavy atom. The van der Waals surface area contributed by atoms with Crippen LogP contribution in [-0.4, -0.2) is 50.7 Å². The second-order valence-electron chi connectivity index (χ2n) is 8.92. The molecule has 1 saturated carbocycles. The zero-order chi connectivity index (χ0) is 21.7. The van der Waals surface area contributed by atoms with Gasteiger partial charge in [-0.3, -0.25) is 4.79 Å². The van der Waals surface area contributed by atoms with Crippen molar-refractivity contribution in [3.05, 3.63) is 53.8 Å². The first-order chi connectivity index (χ1) is 14.7. The number of rotatable bonds is 3. The maximum Gasteiger partial charge on any atom is 0.338 e. The molecule has 5 aliphatic heterocycles. The molecule has 0 N–H and O–H groups in total. The monoisotopic (exact) mass is 446 g/mol. The quantitative estimate of drug-likeness (QED) is 0.396. The molecule has 1 aromatic carbocycles. The van der Waals surface area contributed by atoms with E-state index in [1.807, 2.05) is 19.1 Å². The summed E-state index contributed by atoms with van der Waals surface area (Å²) in [6, 6.07) is 6.33. The molecule has 4 atom stereocenters. The minimum absolute atomic E-state index is 0.00924. The van der Waals surface area contributed by atoms with E-state index in [-0.39, 0.29) is 23.9 Å². The van der Waals surface area contributed by atoms with Crippen molar-refractivity contribution in [2.45, 2.75) is 54.7 Å². The number of fused-ring (bicyclic) bond motifs is 1. The number of esters is 1. The Kier molecular flexibility index (Phi) is 3.63. The van der Waals surface area contributed by atoms with Gasteiger partial charge in [-0.25, -0.2) is 0 Å². The SMILES string of the molecule is Cc1ccc(S(=O)(=O)OC2=C[C@@]3(C)OC(=O)[C@@]24C2(CC[C@]45C=C[C@H]3O5)OCCO2)cc1. The van der Waals surface area contributed by atoms with Crippen molar-refractivity contribution < 1.29 is 36.3 Å². The molecule has 3 fully saturated rings. The molecule has 0 aromatic heterocycles. The zero-order valence-corrected chi connectivity index (χ0v) is 17.9. The molecule has 1 aliphatic carbocycles. The van der Waals surface area contributed by atoms with Crippen molar-refractivity contribution in [1.29, 1.82) is 0 Å². The predicted octanol–water partition coefficient (Wildman–Crippen LogP) is 2.13. The lowest BCUT2D eigenvalue weighted by Gasteiger charge is -2.47. The highest BCUT2D eigenvalue weighted by Crippen LogP contribution is 2.69. The van der Waals surface area contributed by atoms with Crippen LogP contribution in [0.4, 0.5) is 0 Å². The Morgan fingerprint density at radius 3 is 2.52 bits per heavy atom. The fraction of sp³-hybridized carbons (Fsp3) is 0.500. The topological polar surface area (TPSA) is 97.4 Å². The van der Waals surface area contributed by atoms with Crippen LogP contribution in [0.2, 0.25) is 0 Å². The molecule has 8 nitrogen and oxygen atoms in total. The van der Waals surface area contributed by atoms with E-state index in [0.717, 1.165) is 5.56 Å². The van der Waals surface area contributed by atoms with Crippen molar-refractivity contribution in [1.82, 2.24) is 0 Å². The van der Waals surface area contributed by atoms with Gasteiger partial charge in [-0.1, -0.05) is 29.8 Å². The molecule has 5 heterocycles. The first-order valence-corrected chi connectivity index (χ1v) is 11.7. The fourth-order valence-electron chi connectivity index (χ4n) is 5.67. The van der Waals surface area contributed by atoms with E-state index < -0.39 is 44.6 Å². The summed E-state index contributed by atoms with van der Waals surface area (Å²) in [7, 11) is -4.24. The minimum atomic E-state index is -4.24. The summed E-state index contributed by atoms with van der Waals surface area (Å²) in [5.41, 5.74) is -3.21. The fourth-order valence-corrected chi connectivity index (χ4v) is 6.65. The van der Waals surface area contributed by atoms with Gasteiger partial charge in [0.2, 0.25) is 5.41 Å². The van der Waals surface area contributed by atoms with E-state index >= 15 is 0 Å². The highest BCUT2D eigenvalue weighted by Gasteiger charge is 2.84. The number of carbonyl (C=O) groups is 1. The Balaban J connectivity index is 1.56. The summed E-state index contributed by atoms with van der Waals surface area (Å²) in [6.45, 7) is 4.08. The molecular weight excluding hydrogens is 424 g/mol. The van der Waals surface area contributed by atoms with Gasteiger partial charge in [-0.15, -0.1) is 0 Å². The van der Waals surface area contributed by atoms with Gasteiger partial charge < -0.3 is 23.1 Å². The van der Waals surface area contributed by atoms with E-state index in [4.69, 9.17) is 23.1 Å². The molecule has 1 aromatic rings. The highest BCUT2D eigenvalue weighted by molar-refractivity contribution is 7.86. The zero-order valence-electron chi connectivity index (χ0n) is 17.1. The normalized spacial score (nSPS) is 39.4. The van der Waals surface area contributed by atoms with E-state index in [9.17, 15) is 13.2 Å². The number of aryl methyl sites for hydroxylation is 1. The molecule has 9 heteroatoms. The Morgan fingerprint density at radius 2 is 1.81 bits per heavy atom. The molecule has 0 unspecified atom stereocenters. The molecule has 4 bridgehead atoms. The lowest BCUT2D eigenvalue weighted by Crippen LogP contribution is -2.63. The smallest absolute Gasteiger partial charge is 0.338 e. The van der Waals surface area contributed by atoms with Gasteiger partial charge >= 0.3 is 16.1 Å². The van der Waals surface area contributed by atoms with Crippen LogP contribution < -0.4 is 0 Å². The second-order valence-corrected chi connectivity index (χ2v) is 10.5. The van der Waals surface area contributed by atoms with E-state index in [2.05, 4.69) is 0 Å². The summed E-state index contributed by atoms with van der Waals surface area (Å²) in [5, 5.41) is 0. The van der Waals surface area contributed by atoms with Crippen LogP contribution in [0.25, 0.3) is 0 Å². The van der Waals surface area contributed by atoms with Gasteiger partial charge in [-0.2, -0.15) is 8.42 Å². The molecule has 2 saturated heterocycles. The maximum atomic E-state index is 13.7. The number of hydrogen-bond acceptors (Lipinski definition) is 8. The average molecular weight is 446 g/mol. The van der Waals surface area contributed by atoms with Crippen LogP contribution in [-0.2, 0) is 38.0 Å². The summed E-state index contributed by atoms with van der Waals surface area (Å²) in [6.07, 6.45) is 5.39. The molecule has 3 spiro atoms. The Bertz CT molecular complexity index is 1150. The van der Waals surface area contributed by atoms with Crippen LogP contribution in [0.1, 0.15) is 25.3 Å². The van der Waals surface area contributed by atoms with E-state index in [0.29, 0.717) is 12.8 Å². The predicted molar refractivity (Wildman–Crippen MR) is 105 cm³/mol. The third kappa shape index (κ3) is 2.20. The average Bonchev–Trinajstić information content (AvgIpc) is 3.39. The number of carbonyl (C=O) groups excluding carboxylic acids is 1. The van der Waals surface area contributed by atoms with Crippen LogP contribution in [0.3, 0.4) is 0 Å². The molecule has 6 aliphatic rings. The van der Waals surface area contributed by atoms with Crippen molar-refractivity contribution in [3.8, 4) is 0 Å². The molecule has 164 valence electrons.